The van der Waals surface area contributed by atoms with Crippen molar-refractivity contribution in [1.29, 1.82) is 0 Å². The average molecular weight is 305 g/mol. The highest BCUT2D eigenvalue weighted by atomic mass is 35.5. The number of anilines is 1. The van der Waals surface area contributed by atoms with Crippen molar-refractivity contribution < 1.29 is 8.78 Å². The summed E-state index contributed by atoms with van der Waals surface area (Å²) in [5.74, 6) is -0.488. The first kappa shape index (κ1) is 14.6. The highest BCUT2D eigenvalue weighted by molar-refractivity contribution is 8.14. The topological polar surface area (TPSA) is 24.4 Å². The SMILES string of the molecule is CCC1(C)CCSC(Nc2c(F)cc(F)cc2Cl)=N1. The fraction of sp³-hybridized carbons (Fsp3) is 0.462. The van der Waals surface area contributed by atoms with Crippen LogP contribution >= 0.6 is 23.4 Å². The summed E-state index contributed by atoms with van der Waals surface area (Å²) >= 11 is 7.37. The second-order valence-corrected chi connectivity index (χ2v) is 6.23. The summed E-state index contributed by atoms with van der Waals surface area (Å²) in [7, 11) is 0. The van der Waals surface area contributed by atoms with Crippen molar-refractivity contribution in [2.24, 2.45) is 4.99 Å². The summed E-state index contributed by atoms with van der Waals surface area (Å²) in [6.07, 6.45) is 1.90. The lowest BCUT2D eigenvalue weighted by molar-refractivity contribution is 0.443. The van der Waals surface area contributed by atoms with Crippen LogP contribution in [0.3, 0.4) is 0 Å². The predicted molar refractivity (Wildman–Crippen MR) is 78.2 cm³/mol. The minimum Gasteiger partial charge on any atom is -0.331 e. The molecule has 19 heavy (non-hydrogen) atoms. The van der Waals surface area contributed by atoms with Crippen molar-refractivity contribution >= 4 is 34.2 Å². The van der Waals surface area contributed by atoms with Gasteiger partial charge in [-0.3, -0.25) is 4.99 Å². The number of halogens is 3. The van der Waals surface area contributed by atoms with Gasteiger partial charge >= 0.3 is 0 Å². The summed E-state index contributed by atoms with van der Waals surface area (Å²) in [6.45, 7) is 4.14. The first-order valence-corrected chi connectivity index (χ1v) is 7.44. The molecule has 1 unspecified atom stereocenters. The Morgan fingerprint density at radius 1 is 1.47 bits per heavy atom. The second-order valence-electron chi connectivity index (χ2n) is 4.74. The zero-order valence-corrected chi connectivity index (χ0v) is 12.3. The van der Waals surface area contributed by atoms with E-state index in [1.54, 1.807) is 0 Å². The molecule has 2 nitrogen and oxygen atoms in total. The molecule has 0 saturated heterocycles. The van der Waals surface area contributed by atoms with Crippen LogP contribution < -0.4 is 5.32 Å². The maximum Gasteiger partial charge on any atom is 0.161 e. The van der Waals surface area contributed by atoms with Crippen molar-refractivity contribution in [3.63, 3.8) is 0 Å². The smallest absolute Gasteiger partial charge is 0.161 e. The fourth-order valence-corrected chi connectivity index (χ4v) is 3.23. The van der Waals surface area contributed by atoms with Gasteiger partial charge in [-0.05, 0) is 25.8 Å². The Balaban J connectivity index is 2.27. The van der Waals surface area contributed by atoms with E-state index in [9.17, 15) is 8.78 Å². The van der Waals surface area contributed by atoms with E-state index in [4.69, 9.17) is 11.6 Å². The van der Waals surface area contributed by atoms with Gasteiger partial charge in [0.05, 0.1) is 16.2 Å². The van der Waals surface area contributed by atoms with Crippen LogP contribution in [-0.4, -0.2) is 16.5 Å². The Morgan fingerprint density at radius 3 is 2.84 bits per heavy atom. The number of amidine groups is 1. The second kappa shape index (κ2) is 5.67. The van der Waals surface area contributed by atoms with E-state index in [0.29, 0.717) is 5.17 Å². The number of nitrogens with zero attached hydrogens (tertiary/aromatic N) is 1. The maximum atomic E-state index is 13.7. The third-order valence-electron chi connectivity index (χ3n) is 3.25. The molecular formula is C13H15ClF2N2S. The molecule has 0 aliphatic carbocycles. The highest BCUT2D eigenvalue weighted by Crippen LogP contribution is 2.32. The number of thioether (sulfide) groups is 1. The first-order valence-electron chi connectivity index (χ1n) is 6.08. The lowest BCUT2D eigenvalue weighted by Crippen LogP contribution is -2.29. The third kappa shape index (κ3) is 3.39. The first-order chi connectivity index (χ1) is 8.93. The third-order valence-corrected chi connectivity index (χ3v) is 4.42. The van der Waals surface area contributed by atoms with Crippen LogP contribution in [0.4, 0.5) is 14.5 Å². The minimum atomic E-state index is -0.711. The van der Waals surface area contributed by atoms with Crippen LogP contribution in [-0.2, 0) is 0 Å². The average Bonchev–Trinajstić information content (AvgIpc) is 2.34. The van der Waals surface area contributed by atoms with Crippen LogP contribution in [0, 0.1) is 11.6 Å². The van der Waals surface area contributed by atoms with Gasteiger partial charge in [0, 0.05) is 11.8 Å². The maximum absolute atomic E-state index is 13.7. The molecule has 1 aromatic rings. The van der Waals surface area contributed by atoms with Crippen LogP contribution in [0.1, 0.15) is 26.7 Å². The summed E-state index contributed by atoms with van der Waals surface area (Å²) in [4.78, 5) is 4.58. The van der Waals surface area contributed by atoms with Gasteiger partial charge in [0.1, 0.15) is 5.82 Å². The van der Waals surface area contributed by atoms with E-state index >= 15 is 0 Å². The molecule has 0 fully saturated rings. The van der Waals surface area contributed by atoms with Crippen molar-refractivity contribution in [3.8, 4) is 0 Å². The zero-order valence-electron chi connectivity index (χ0n) is 10.8. The molecule has 1 heterocycles. The van der Waals surface area contributed by atoms with E-state index in [-0.39, 0.29) is 16.2 Å². The fourth-order valence-electron chi connectivity index (χ4n) is 1.79. The van der Waals surface area contributed by atoms with Crippen LogP contribution in [0.15, 0.2) is 17.1 Å². The van der Waals surface area contributed by atoms with Gasteiger partial charge in [-0.15, -0.1) is 0 Å². The van der Waals surface area contributed by atoms with Gasteiger partial charge < -0.3 is 5.32 Å². The van der Waals surface area contributed by atoms with Crippen molar-refractivity contribution in [2.75, 3.05) is 11.1 Å². The van der Waals surface area contributed by atoms with Crippen molar-refractivity contribution in [2.45, 2.75) is 32.2 Å². The van der Waals surface area contributed by atoms with Gasteiger partial charge in [0.2, 0.25) is 0 Å². The molecule has 0 amide bonds. The van der Waals surface area contributed by atoms with Gasteiger partial charge in [0.25, 0.3) is 0 Å². The van der Waals surface area contributed by atoms with Crippen LogP contribution in [0.5, 0.6) is 0 Å². The van der Waals surface area contributed by atoms with E-state index in [1.165, 1.54) is 11.8 Å². The number of nitrogens with one attached hydrogen (secondary N) is 1. The number of hydrogen-bond acceptors (Lipinski definition) is 3. The Kier molecular flexibility index (Phi) is 4.36. The Morgan fingerprint density at radius 2 is 2.21 bits per heavy atom. The molecule has 1 aromatic carbocycles. The Bertz CT molecular complexity index is 498. The lowest BCUT2D eigenvalue weighted by Gasteiger charge is -2.29. The molecule has 1 atom stereocenters. The summed E-state index contributed by atoms with van der Waals surface area (Å²) in [5, 5.41) is 3.52. The molecule has 1 aliphatic rings. The highest BCUT2D eigenvalue weighted by Gasteiger charge is 2.26. The van der Waals surface area contributed by atoms with Gasteiger partial charge in [-0.1, -0.05) is 30.3 Å². The van der Waals surface area contributed by atoms with Crippen LogP contribution in [0.2, 0.25) is 5.02 Å². The number of aliphatic imine (C=N–C) groups is 1. The zero-order chi connectivity index (χ0) is 14.0. The molecule has 0 aromatic heterocycles. The molecule has 0 radical (unpaired) electrons. The monoisotopic (exact) mass is 304 g/mol. The van der Waals surface area contributed by atoms with Gasteiger partial charge in [0.15, 0.2) is 11.0 Å². The van der Waals surface area contributed by atoms with E-state index in [1.807, 2.05) is 0 Å². The largest absolute Gasteiger partial charge is 0.331 e. The number of rotatable bonds is 2. The number of hydrogen-bond donors (Lipinski definition) is 1. The van der Waals surface area contributed by atoms with Crippen molar-refractivity contribution in [3.05, 3.63) is 28.8 Å². The van der Waals surface area contributed by atoms with Crippen LogP contribution in [0.25, 0.3) is 0 Å². The summed E-state index contributed by atoms with van der Waals surface area (Å²) in [5.41, 5.74) is -0.0500. The number of benzene rings is 1. The van der Waals surface area contributed by atoms with E-state index in [0.717, 1.165) is 30.7 Å². The standard InChI is InChI=1S/C13H15ClF2N2S/c1-3-13(2)4-5-19-12(18-13)17-11-9(14)6-8(15)7-10(11)16/h6-7H,3-5H2,1-2H3,(H,17,18). The quantitative estimate of drug-likeness (QED) is 0.857. The Labute approximate surface area is 120 Å². The molecular weight excluding hydrogens is 290 g/mol. The minimum absolute atomic E-state index is 0.0181. The molecule has 104 valence electrons. The van der Waals surface area contributed by atoms with E-state index in [2.05, 4.69) is 24.2 Å². The van der Waals surface area contributed by atoms with Gasteiger partial charge in [-0.25, -0.2) is 8.78 Å². The summed E-state index contributed by atoms with van der Waals surface area (Å²) in [6, 6.07) is 1.89. The molecule has 2 rings (SSSR count). The molecule has 6 heteroatoms. The lowest BCUT2D eigenvalue weighted by atomic mass is 9.97. The molecule has 1 N–H and O–H groups in total. The molecule has 0 saturated carbocycles. The normalized spacial score (nSPS) is 23.1. The van der Waals surface area contributed by atoms with Crippen molar-refractivity contribution in [1.82, 2.24) is 0 Å². The molecule has 0 bridgehead atoms. The summed E-state index contributed by atoms with van der Waals surface area (Å²) < 4.78 is 26.7. The van der Waals surface area contributed by atoms with Gasteiger partial charge in [-0.2, -0.15) is 0 Å². The Hall–Kier alpha value is -0.810. The van der Waals surface area contributed by atoms with E-state index < -0.39 is 11.6 Å². The molecule has 0 spiro atoms. The predicted octanol–water partition coefficient (Wildman–Crippen LogP) is 4.69. The molecule has 1 aliphatic heterocycles.